The SMILES string of the molecule is C1=Cc2cc3ccc(cc4ccc(cc5nc(cc1n2)C=C5)[nH]4)[nH]3.[Mn].[c-]1ccccc1.[c-]1ccccc1.[c-]1ccccc1.[c-]1ccccc1.c1ccc([B-](c2ccccc2)(c2ccccc2)c2ccccc2)cc1. The van der Waals surface area contributed by atoms with Crippen LogP contribution in [0.2, 0.25) is 0 Å². The average molecular weight is 993 g/mol. The minimum Gasteiger partial charge on any atom is -0.355 e. The van der Waals surface area contributed by atoms with Crippen LogP contribution in [0, 0.1) is 24.3 Å². The monoisotopic (exact) mass is 992 g/mol. The van der Waals surface area contributed by atoms with Crippen molar-refractivity contribution in [2.75, 3.05) is 0 Å². The number of aromatic amines is 2. The minimum atomic E-state index is -1.22. The molecule has 2 aliphatic rings. The van der Waals surface area contributed by atoms with E-state index in [1.807, 2.05) is 164 Å². The second-order valence-corrected chi connectivity index (χ2v) is 16.7. The molecule has 13 rings (SSSR count). The van der Waals surface area contributed by atoms with Crippen molar-refractivity contribution in [3.05, 3.63) is 338 Å². The van der Waals surface area contributed by atoms with Gasteiger partial charge in [-0.1, -0.05) is 121 Å². The van der Waals surface area contributed by atoms with E-state index >= 15 is 0 Å². The molecule has 11 aromatic rings. The Morgan fingerprint density at radius 3 is 0.716 bits per heavy atom. The van der Waals surface area contributed by atoms with Crippen LogP contribution in [0.15, 0.2) is 291 Å². The molecule has 0 amide bonds. The molecule has 3 aromatic heterocycles. The molecule has 0 fully saturated rings. The molecule has 2 aliphatic heterocycles. The van der Waals surface area contributed by atoms with Gasteiger partial charge in [-0.3, -0.25) is 0 Å². The first-order valence-electron chi connectivity index (χ1n) is 24.3. The van der Waals surface area contributed by atoms with Crippen LogP contribution in [0.3, 0.4) is 0 Å². The van der Waals surface area contributed by atoms with Gasteiger partial charge in [0.25, 0.3) is 0 Å². The summed E-state index contributed by atoms with van der Waals surface area (Å²) in [7, 11) is 0. The first-order valence-corrected chi connectivity index (χ1v) is 24.3. The average Bonchev–Trinajstić information content (AvgIpc) is 4.33. The largest absolute Gasteiger partial charge is 0.355 e. The van der Waals surface area contributed by atoms with Crippen molar-refractivity contribution in [2.24, 2.45) is 0 Å². The molecule has 0 aliphatic carbocycles. The van der Waals surface area contributed by atoms with Crippen LogP contribution in [-0.2, 0) is 17.1 Å². The standard InChI is InChI=1S/C24H20B.C20H14N4.4C6H5.Mn/c1-5-13-21(14-6-1)25(22-15-7-2-8-16-22,23-17-9-3-10-18-23)24-19-11-4-12-20-24;1-2-14-10-16-5-6-18(23-16)12-20-8-7-19(24-20)11-17-4-3-15(22-17)9-13(1)21-14;4*1-2-4-6-5-3-1;/h1-20H;1-12,21-22H;4*1-5H;/q-1;;4*-1;. The molecular weight excluding hydrogens is 939 g/mol. The zero-order chi connectivity index (χ0) is 49.9. The quantitative estimate of drug-likeness (QED) is 0.136. The minimum absolute atomic E-state index is 0. The second-order valence-electron chi connectivity index (χ2n) is 16.7. The third-order valence-electron chi connectivity index (χ3n) is 11.7. The number of hydrogen-bond donors (Lipinski definition) is 2. The van der Waals surface area contributed by atoms with E-state index in [0.717, 1.165) is 44.8 Å². The smallest absolute Gasteiger partial charge is 0.108 e. The Hall–Kier alpha value is -9.06. The molecule has 8 bridgehead atoms. The Balaban J connectivity index is 0.000000148. The van der Waals surface area contributed by atoms with Gasteiger partial charge in [0.05, 0.1) is 22.8 Å². The van der Waals surface area contributed by atoms with Crippen LogP contribution < -0.4 is 21.9 Å². The zero-order valence-corrected chi connectivity index (χ0v) is 42.1. The number of hydrogen-bond acceptors (Lipinski definition) is 2. The van der Waals surface area contributed by atoms with Gasteiger partial charge in [-0.25, -0.2) is 9.97 Å². The summed E-state index contributed by atoms with van der Waals surface area (Å²) in [5, 5.41) is 0. The number of rotatable bonds is 4. The zero-order valence-electron chi connectivity index (χ0n) is 40.9. The van der Waals surface area contributed by atoms with E-state index in [2.05, 4.69) is 196 Å². The Morgan fingerprint density at radius 2 is 0.486 bits per heavy atom. The van der Waals surface area contributed by atoms with Gasteiger partial charge in [-0.15, -0.1) is 0 Å². The van der Waals surface area contributed by atoms with Gasteiger partial charge in [-0.2, -0.15) is 167 Å². The van der Waals surface area contributed by atoms with Gasteiger partial charge in [0.1, 0.15) is 6.15 Å². The molecule has 2 N–H and O–H groups in total. The Labute approximate surface area is 447 Å². The summed E-state index contributed by atoms with van der Waals surface area (Å²) in [5.41, 5.74) is 13.2. The Morgan fingerprint density at radius 1 is 0.257 bits per heavy atom. The van der Waals surface area contributed by atoms with Crippen molar-refractivity contribution < 1.29 is 17.1 Å². The van der Waals surface area contributed by atoms with E-state index in [0.29, 0.717) is 0 Å². The topological polar surface area (TPSA) is 57.4 Å². The van der Waals surface area contributed by atoms with E-state index in [9.17, 15) is 0 Å². The van der Waals surface area contributed by atoms with Crippen molar-refractivity contribution in [1.29, 1.82) is 0 Å². The molecule has 0 spiro atoms. The maximum absolute atomic E-state index is 4.62. The summed E-state index contributed by atoms with van der Waals surface area (Å²) in [6.45, 7) is 0. The molecule has 0 saturated carbocycles. The fraction of sp³-hybridized carbons (Fsp3) is 0. The van der Waals surface area contributed by atoms with Crippen molar-refractivity contribution >= 4 is 74.4 Å². The Bertz CT molecular complexity index is 3000. The van der Waals surface area contributed by atoms with E-state index in [1.165, 1.54) is 21.9 Å². The molecule has 0 saturated heterocycles. The molecule has 0 atom stereocenters. The fourth-order valence-electron chi connectivity index (χ4n) is 8.43. The van der Waals surface area contributed by atoms with Gasteiger partial charge < -0.3 is 9.97 Å². The van der Waals surface area contributed by atoms with E-state index in [4.69, 9.17) is 0 Å². The first-order chi connectivity index (χ1) is 36.2. The number of nitrogens with zero attached hydrogens (tertiary/aromatic N) is 2. The van der Waals surface area contributed by atoms with Gasteiger partial charge in [-0.05, 0) is 72.8 Å². The van der Waals surface area contributed by atoms with E-state index < -0.39 is 6.15 Å². The number of H-pyrrole nitrogens is 2. The molecular formula is C68H54BMnN4-5. The molecule has 5 heterocycles. The van der Waals surface area contributed by atoms with Gasteiger partial charge in [0, 0.05) is 39.1 Å². The van der Waals surface area contributed by atoms with E-state index in [-0.39, 0.29) is 17.1 Å². The number of benzene rings is 8. The third kappa shape index (κ3) is 16.0. The van der Waals surface area contributed by atoms with Gasteiger partial charge in [0.15, 0.2) is 0 Å². The summed E-state index contributed by atoms with van der Waals surface area (Å²) in [6, 6.07) is 110. The van der Waals surface area contributed by atoms with Gasteiger partial charge in [0.2, 0.25) is 0 Å². The van der Waals surface area contributed by atoms with Crippen LogP contribution in [0.1, 0.15) is 22.8 Å². The number of fused-ring (bicyclic) bond motifs is 8. The van der Waals surface area contributed by atoms with Crippen LogP contribution in [0.5, 0.6) is 0 Å². The van der Waals surface area contributed by atoms with E-state index in [1.54, 1.807) is 0 Å². The summed E-state index contributed by atoms with van der Waals surface area (Å²) in [5.74, 6) is 0. The van der Waals surface area contributed by atoms with Crippen LogP contribution in [-0.4, -0.2) is 26.1 Å². The molecule has 0 unspecified atom stereocenters. The fourth-order valence-corrected chi connectivity index (χ4v) is 8.43. The van der Waals surface area contributed by atoms with Crippen LogP contribution in [0.4, 0.5) is 0 Å². The number of nitrogens with one attached hydrogen (secondary N) is 2. The molecule has 361 valence electrons. The normalized spacial score (nSPS) is 10.5. The Kier molecular flexibility index (Phi) is 20.9. The molecule has 8 aromatic carbocycles. The first kappa shape index (κ1) is 52.8. The second kappa shape index (κ2) is 29.3. The van der Waals surface area contributed by atoms with Crippen LogP contribution in [0.25, 0.3) is 46.4 Å². The van der Waals surface area contributed by atoms with Crippen molar-refractivity contribution in [3.63, 3.8) is 0 Å². The van der Waals surface area contributed by atoms with Crippen molar-refractivity contribution in [2.45, 2.75) is 0 Å². The summed E-state index contributed by atoms with van der Waals surface area (Å²) < 4.78 is 0. The third-order valence-corrected chi connectivity index (χ3v) is 11.7. The van der Waals surface area contributed by atoms with Crippen molar-refractivity contribution in [3.8, 4) is 0 Å². The summed E-state index contributed by atoms with van der Waals surface area (Å²) in [6.07, 6.45) is 6.83. The predicted octanol–water partition coefficient (Wildman–Crippen LogP) is 13.7. The molecule has 4 nitrogen and oxygen atoms in total. The van der Waals surface area contributed by atoms with Crippen LogP contribution >= 0.6 is 0 Å². The maximum Gasteiger partial charge on any atom is 0.108 e. The number of aromatic nitrogens is 4. The molecule has 6 heteroatoms. The summed E-state index contributed by atoms with van der Waals surface area (Å²) >= 11 is 0. The summed E-state index contributed by atoms with van der Waals surface area (Å²) in [4.78, 5) is 16.0. The van der Waals surface area contributed by atoms with Crippen molar-refractivity contribution in [1.82, 2.24) is 19.9 Å². The molecule has 74 heavy (non-hydrogen) atoms. The predicted molar refractivity (Wildman–Crippen MR) is 310 cm³/mol. The molecule has 1 radical (unpaired) electrons. The van der Waals surface area contributed by atoms with Gasteiger partial charge >= 0.3 is 0 Å². The maximum atomic E-state index is 4.62.